The Kier molecular flexibility index (Phi) is 12.3. The average Bonchev–Trinajstić information content (AvgIpc) is 3.75. The molecular formula is C33H47N7O5. The van der Waals surface area contributed by atoms with Crippen molar-refractivity contribution in [3.05, 3.63) is 35.4 Å². The maximum Gasteiger partial charge on any atom is 0.326 e. The maximum atomic E-state index is 13.7. The van der Waals surface area contributed by atoms with Crippen LogP contribution in [-0.4, -0.2) is 106 Å². The summed E-state index contributed by atoms with van der Waals surface area (Å²) in [6, 6.07) is 5.56. The summed E-state index contributed by atoms with van der Waals surface area (Å²) in [5.41, 5.74) is 7.61. The van der Waals surface area contributed by atoms with Crippen molar-refractivity contribution in [3.8, 4) is 6.07 Å². The number of hydrogen-bond acceptors (Lipinski definition) is 7. The fourth-order valence-electron chi connectivity index (χ4n) is 6.60. The number of amides is 3. The number of carboxylic acid groups (broad SMARTS) is 1. The van der Waals surface area contributed by atoms with Crippen LogP contribution in [-0.2, 0) is 25.6 Å². The van der Waals surface area contributed by atoms with Gasteiger partial charge in [-0.25, -0.2) is 4.79 Å². The third kappa shape index (κ3) is 9.03. The Bertz CT molecular complexity index is 1270. The molecule has 4 atom stereocenters. The van der Waals surface area contributed by atoms with E-state index < -0.39 is 36.0 Å². The van der Waals surface area contributed by atoms with Gasteiger partial charge in [0.2, 0.25) is 17.7 Å². The van der Waals surface area contributed by atoms with Gasteiger partial charge in [0.1, 0.15) is 18.1 Å². The second-order valence-electron chi connectivity index (χ2n) is 12.4. The highest BCUT2D eigenvalue weighted by atomic mass is 16.4. The van der Waals surface area contributed by atoms with Gasteiger partial charge < -0.3 is 30.9 Å². The Hall–Kier alpha value is -3.98. The van der Waals surface area contributed by atoms with Crippen LogP contribution in [0.3, 0.4) is 0 Å². The van der Waals surface area contributed by atoms with Crippen molar-refractivity contribution in [1.82, 2.24) is 20.0 Å². The number of rotatable bonds is 12. The first-order valence-corrected chi connectivity index (χ1v) is 16.3. The van der Waals surface area contributed by atoms with Crippen LogP contribution in [0.4, 0.5) is 0 Å². The molecule has 12 nitrogen and oxygen atoms in total. The zero-order valence-electron chi connectivity index (χ0n) is 26.3. The molecule has 4 rings (SSSR count). The molecule has 3 amide bonds. The molecule has 4 N–H and O–H groups in total. The second-order valence-corrected chi connectivity index (χ2v) is 12.4. The minimum absolute atomic E-state index is 0.275. The molecule has 3 heterocycles. The molecule has 3 fully saturated rings. The van der Waals surface area contributed by atoms with Crippen molar-refractivity contribution in [2.75, 3.05) is 32.7 Å². The van der Waals surface area contributed by atoms with E-state index in [9.17, 15) is 24.3 Å². The van der Waals surface area contributed by atoms with Gasteiger partial charge in [0.05, 0.1) is 23.5 Å². The number of nitrogens with two attached hydrogens (primary N) is 1. The Labute approximate surface area is 265 Å². The third-order valence-corrected chi connectivity index (χ3v) is 9.19. The number of aliphatic carboxylic acids is 1. The van der Waals surface area contributed by atoms with Gasteiger partial charge in [-0.15, -0.1) is 0 Å². The number of unbranched alkanes of at least 4 members (excludes halogenated alkanes) is 1. The van der Waals surface area contributed by atoms with E-state index in [-0.39, 0.29) is 24.7 Å². The average molecular weight is 622 g/mol. The number of carbonyl (C=O) groups excluding carboxylic acids is 3. The molecule has 0 aromatic heterocycles. The standard InChI is InChI=1S/C33H47N7O5/c1-23(38-17-5-2-6-18-38)36-16-4-3-9-27(33(44)45)37-30(41)28-10-7-19-39(28)32(43)29-11-8-20-40(29)31(42)26(35)21-24-12-14-25(22-34)15-13-24/h12-15,26-29H,2-11,16-21,35H2,1H3,(H,37,41)(H,44,45)/t26-,27-,28-,29-/m0/s1. The van der Waals surface area contributed by atoms with Crippen molar-refractivity contribution >= 4 is 29.5 Å². The van der Waals surface area contributed by atoms with Gasteiger partial charge in [-0.2, -0.15) is 5.26 Å². The number of benzene rings is 1. The minimum Gasteiger partial charge on any atom is -0.480 e. The first-order valence-electron chi connectivity index (χ1n) is 16.3. The van der Waals surface area contributed by atoms with Gasteiger partial charge in [0.25, 0.3) is 0 Å². The molecule has 45 heavy (non-hydrogen) atoms. The highest BCUT2D eigenvalue weighted by molar-refractivity contribution is 5.95. The van der Waals surface area contributed by atoms with E-state index in [1.807, 2.05) is 6.92 Å². The van der Waals surface area contributed by atoms with Crippen LogP contribution in [0.15, 0.2) is 29.3 Å². The van der Waals surface area contributed by atoms with Gasteiger partial charge >= 0.3 is 5.97 Å². The van der Waals surface area contributed by atoms with Gasteiger partial charge in [-0.3, -0.25) is 19.4 Å². The summed E-state index contributed by atoms with van der Waals surface area (Å²) in [4.78, 5) is 62.3. The molecule has 244 valence electrons. The summed E-state index contributed by atoms with van der Waals surface area (Å²) >= 11 is 0. The maximum absolute atomic E-state index is 13.7. The van der Waals surface area contributed by atoms with Crippen molar-refractivity contribution < 1.29 is 24.3 Å². The molecule has 1 aromatic rings. The Balaban J connectivity index is 1.28. The molecule has 3 aliphatic heterocycles. The van der Waals surface area contributed by atoms with E-state index in [1.54, 1.807) is 24.3 Å². The molecule has 0 saturated carbocycles. The van der Waals surface area contributed by atoms with Crippen LogP contribution in [0.2, 0.25) is 0 Å². The lowest BCUT2D eigenvalue weighted by molar-refractivity contribution is -0.148. The summed E-state index contributed by atoms with van der Waals surface area (Å²) in [6.07, 6.45) is 7.69. The van der Waals surface area contributed by atoms with Gasteiger partial charge in [0.15, 0.2) is 0 Å². The van der Waals surface area contributed by atoms with Gasteiger partial charge in [-0.05, 0) is 95.2 Å². The Morgan fingerprint density at radius 3 is 2.31 bits per heavy atom. The lowest BCUT2D eigenvalue weighted by Crippen LogP contribution is -2.56. The highest BCUT2D eigenvalue weighted by Crippen LogP contribution is 2.26. The fourth-order valence-corrected chi connectivity index (χ4v) is 6.60. The van der Waals surface area contributed by atoms with E-state index in [0.29, 0.717) is 57.3 Å². The SMILES string of the molecule is CC(=NCCCC[C@H](NC(=O)[C@@H]1CCCN1C(=O)[C@@H]1CCCN1C(=O)[C@@H](N)Cc1ccc(C#N)cc1)C(=O)O)N1CCCCC1. The van der Waals surface area contributed by atoms with Crippen LogP contribution >= 0.6 is 0 Å². The van der Waals surface area contributed by atoms with E-state index in [0.717, 1.165) is 30.9 Å². The topological polar surface area (TPSA) is 172 Å². The first kappa shape index (κ1) is 33.9. The monoisotopic (exact) mass is 621 g/mol. The zero-order valence-corrected chi connectivity index (χ0v) is 26.3. The normalized spacial score (nSPS) is 21.7. The molecule has 0 spiro atoms. The predicted molar refractivity (Wildman–Crippen MR) is 169 cm³/mol. The number of amidine groups is 1. The van der Waals surface area contributed by atoms with Crippen LogP contribution in [0.25, 0.3) is 0 Å². The second kappa shape index (κ2) is 16.4. The van der Waals surface area contributed by atoms with E-state index in [4.69, 9.17) is 11.0 Å². The highest BCUT2D eigenvalue weighted by Gasteiger charge is 2.43. The first-order chi connectivity index (χ1) is 21.7. The lowest BCUT2D eigenvalue weighted by Gasteiger charge is -2.32. The van der Waals surface area contributed by atoms with Gasteiger partial charge in [-0.1, -0.05) is 12.1 Å². The summed E-state index contributed by atoms with van der Waals surface area (Å²) in [5, 5.41) is 21.5. The summed E-state index contributed by atoms with van der Waals surface area (Å²) in [5.74, 6) is -1.16. The summed E-state index contributed by atoms with van der Waals surface area (Å²) < 4.78 is 0. The number of nitrogens with one attached hydrogen (secondary N) is 1. The molecule has 12 heteroatoms. The molecular weight excluding hydrogens is 574 g/mol. The van der Waals surface area contributed by atoms with Crippen LogP contribution in [0, 0.1) is 11.3 Å². The van der Waals surface area contributed by atoms with E-state index in [1.165, 1.54) is 29.1 Å². The largest absolute Gasteiger partial charge is 0.480 e. The minimum atomic E-state index is -1.10. The van der Waals surface area contributed by atoms with Gasteiger partial charge in [0, 0.05) is 32.7 Å². The molecule has 0 radical (unpaired) electrons. The molecule has 0 bridgehead atoms. The third-order valence-electron chi connectivity index (χ3n) is 9.19. The summed E-state index contributed by atoms with van der Waals surface area (Å²) in [6.45, 7) is 5.48. The number of carboxylic acids is 1. The Morgan fingerprint density at radius 1 is 0.978 bits per heavy atom. The van der Waals surface area contributed by atoms with E-state index >= 15 is 0 Å². The smallest absolute Gasteiger partial charge is 0.326 e. The van der Waals surface area contributed by atoms with Crippen LogP contribution < -0.4 is 11.1 Å². The van der Waals surface area contributed by atoms with Crippen LogP contribution in [0.1, 0.15) is 82.3 Å². The zero-order chi connectivity index (χ0) is 32.3. The van der Waals surface area contributed by atoms with Crippen molar-refractivity contribution in [1.29, 1.82) is 5.26 Å². The number of aliphatic imine (C=N–C) groups is 1. The molecule has 0 aliphatic carbocycles. The number of nitriles is 1. The quantitative estimate of drug-likeness (QED) is 0.181. The lowest BCUT2D eigenvalue weighted by atomic mass is 10.0. The molecule has 3 aliphatic rings. The number of carbonyl (C=O) groups is 4. The van der Waals surface area contributed by atoms with Crippen molar-refractivity contribution in [2.24, 2.45) is 10.7 Å². The number of nitrogens with zero attached hydrogens (tertiary/aromatic N) is 5. The van der Waals surface area contributed by atoms with Crippen molar-refractivity contribution in [2.45, 2.75) is 102 Å². The number of piperidine rings is 1. The fraction of sp³-hybridized carbons (Fsp3) is 0.636. The predicted octanol–water partition coefficient (Wildman–Crippen LogP) is 2.05. The molecule has 3 saturated heterocycles. The van der Waals surface area contributed by atoms with Crippen LogP contribution in [0.5, 0.6) is 0 Å². The van der Waals surface area contributed by atoms with E-state index in [2.05, 4.69) is 21.3 Å². The number of likely N-dealkylation sites (tertiary alicyclic amines) is 3. The van der Waals surface area contributed by atoms with Crippen molar-refractivity contribution in [3.63, 3.8) is 0 Å². The summed E-state index contributed by atoms with van der Waals surface area (Å²) in [7, 11) is 0. The number of hydrogen-bond donors (Lipinski definition) is 3. The molecule has 0 unspecified atom stereocenters. The Morgan fingerprint density at radius 2 is 1.64 bits per heavy atom. The molecule has 1 aromatic carbocycles.